The molecule has 88 valence electrons. The van der Waals surface area contributed by atoms with Gasteiger partial charge in [-0.05, 0) is 44.2 Å². The van der Waals surface area contributed by atoms with Crippen LogP contribution in [-0.4, -0.2) is 11.1 Å². The molecule has 1 aliphatic carbocycles. The molecule has 0 radical (unpaired) electrons. The zero-order valence-electron chi connectivity index (χ0n) is 9.91. The standard InChI is InChI=1S/C13H20N2O/c1-10-8-12(14)13(15-9-10)16-11-6-4-2-3-5-7-11/h8-9,11H,2-7,14H2,1H3. The molecule has 0 atom stereocenters. The van der Waals surface area contributed by atoms with Crippen molar-refractivity contribution in [3.63, 3.8) is 0 Å². The highest BCUT2D eigenvalue weighted by Crippen LogP contribution is 2.25. The van der Waals surface area contributed by atoms with Gasteiger partial charge in [-0.1, -0.05) is 12.8 Å². The maximum absolute atomic E-state index is 5.89. The molecule has 1 aromatic rings. The summed E-state index contributed by atoms with van der Waals surface area (Å²) in [7, 11) is 0. The number of pyridine rings is 1. The molecule has 1 fully saturated rings. The average Bonchev–Trinajstić information content (AvgIpc) is 2.51. The third kappa shape index (κ3) is 2.87. The van der Waals surface area contributed by atoms with Crippen molar-refractivity contribution in [2.24, 2.45) is 0 Å². The van der Waals surface area contributed by atoms with E-state index in [2.05, 4.69) is 4.98 Å². The minimum Gasteiger partial charge on any atom is -0.473 e. The van der Waals surface area contributed by atoms with Gasteiger partial charge in [0, 0.05) is 6.20 Å². The SMILES string of the molecule is Cc1cnc(OC2CCCCCC2)c(N)c1. The van der Waals surface area contributed by atoms with E-state index >= 15 is 0 Å². The van der Waals surface area contributed by atoms with Crippen LogP contribution in [0.5, 0.6) is 5.88 Å². The second kappa shape index (κ2) is 5.19. The maximum Gasteiger partial charge on any atom is 0.237 e. The van der Waals surface area contributed by atoms with Gasteiger partial charge in [-0.15, -0.1) is 0 Å². The van der Waals surface area contributed by atoms with Gasteiger partial charge in [0.1, 0.15) is 6.10 Å². The number of aromatic nitrogens is 1. The second-order valence-corrected chi connectivity index (χ2v) is 4.64. The zero-order valence-corrected chi connectivity index (χ0v) is 9.91. The van der Waals surface area contributed by atoms with Gasteiger partial charge in [0.25, 0.3) is 0 Å². The third-order valence-electron chi connectivity index (χ3n) is 3.10. The van der Waals surface area contributed by atoms with E-state index in [1.807, 2.05) is 19.2 Å². The predicted octanol–water partition coefficient (Wildman–Crippen LogP) is 3.07. The Morgan fingerprint density at radius 2 is 1.94 bits per heavy atom. The van der Waals surface area contributed by atoms with Gasteiger partial charge in [-0.2, -0.15) is 0 Å². The fraction of sp³-hybridized carbons (Fsp3) is 0.615. The number of rotatable bonds is 2. The minimum atomic E-state index is 0.306. The van der Waals surface area contributed by atoms with Crippen molar-refractivity contribution in [2.75, 3.05) is 5.73 Å². The summed E-state index contributed by atoms with van der Waals surface area (Å²) in [4.78, 5) is 4.26. The van der Waals surface area contributed by atoms with Gasteiger partial charge in [-0.25, -0.2) is 4.98 Å². The molecule has 0 amide bonds. The summed E-state index contributed by atoms with van der Waals surface area (Å²) in [6, 6.07) is 1.92. The lowest BCUT2D eigenvalue weighted by molar-refractivity contribution is 0.177. The van der Waals surface area contributed by atoms with E-state index in [-0.39, 0.29) is 0 Å². The first-order valence-corrected chi connectivity index (χ1v) is 6.14. The number of nitrogen functional groups attached to an aromatic ring is 1. The fourth-order valence-corrected chi connectivity index (χ4v) is 2.20. The topological polar surface area (TPSA) is 48.1 Å². The van der Waals surface area contributed by atoms with E-state index < -0.39 is 0 Å². The number of anilines is 1. The molecule has 0 spiro atoms. The Morgan fingerprint density at radius 3 is 2.56 bits per heavy atom. The number of nitrogens with two attached hydrogens (primary N) is 1. The molecule has 1 heterocycles. The molecule has 2 N–H and O–H groups in total. The van der Waals surface area contributed by atoms with Gasteiger partial charge in [0.15, 0.2) is 0 Å². The van der Waals surface area contributed by atoms with Crippen molar-refractivity contribution in [1.82, 2.24) is 4.98 Å². The Hall–Kier alpha value is -1.25. The van der Waals surface area contributed by atoms with Crippen LogP contribution in [0.25, 0.3) is 0 Å². The van der Waals surface area contributed by atoms with E-state index in [1.165, 1.54) is 25.7 Å². The highest BCUT2D eigenvalue weighted by Gasteiger charge is 2.15. The lowest BCUT2D eigenvalue weighted by Gasteiger charge is -2.17. The van der Waals surface area contributed by atoms with E-state index in [0.29, 0.717) is 17.7 Å². The van der Waals surface area contributed by atoms with Gasteiger partial charge >= 0.3 is 0 Å². The third-order valence-corrected chi connectivity index (χ3v) is 3.10. The summed E-state index contributed by atoms with van der Waals surface area (Å²) in [5, 5.41) is 0. The lowest BCUT2D eigenvalue weighted by atomic mass is 10.1. The summed E-state index contributed by atoms with van der Waals surface area (Å²) in [5.41, 5.74) is 7.62. The van der Waals surface area contributed by atoms with Gasteiger partial charge in [-0.3, -0.25) is 0 Å². The van der Waals surface area contributed by atoms with E-state index in [0.717, 1.165) is 18.4 Å². The van der Waals surface area contributed by atoms with Gasteiger partial charge in [0.05, 0.1) is 5.69 Å². The summed E-state index contributed by atoms with van der Waals surface area (Å²) in [6.07, 6.45) is 9.56. The molecule has 16 heavy (non-hydrogen) atoms. The molecular formula is C13H20N2O. The van der Waals surface area contributed by atoms with Crippen LogP contribution < -0.4 is 10.5 Å². The first-order valence-electron chi connectivity index (χ1n) is 6.14. The number of hydrogen-bond donors (Lipinski definition) is 1. The van der Waals surface area contributed by atoms with Crippen molar-refractivity contribution in [2.45, 2.75) is 51.6 Å². The molecule has 1 saturated carbocycles. The molecule has 1 aromatic heterocycles. The van der Waals surface area contributed by atoms with Crippen molar-refractivity contribution in [3.8, 4) is 5.88 Å². The maximum atomic E-state index is 5.89. The number of nitrogens with zero attached hydrogens (tertiary/aromatic N) is 1. The van der Waals surface area contributed by atoms with Crippen LogP contribution in [0.1, 0.15) is 44.1 Å². The lowest BCUT2D eigenvalue weighted by Crippen LogP contribution is -2.16. The quantitative estimate of drug-likeness (QED) is 0.779. The van der Waals surface area contributed by atoms with Crippen molar-refractivity contribution in [1.29, 1.82) is 0 Å². The summed E-state index contributed by atoms with van der Waals surface area (Å²) in [5.74, 6) is 0.609. The molecule has 0 aromatic carbocycles. The molecule has 3 nitrogen and oxygen atoms in total. The van der Waals surface area contributed by atoms with Crippen molar-refractivity contribution < 1.29 is 4.74 Å². The first-order chi connectivity index (χ1) is 7.75. The molecule has 0 bridgehead atoms. The Balaban J connectivity index is 2.01. The van der Waals surface area contributed by atoms with Crippen LogP contribution in [0.2, 0.25) is 0 Å². The van der Waals surface area contributed by atoms with Crippen LogP contribution in [-0.2, 0) is 0 Å². The fourth-order valence-electron chi connectivity index (χ4n) is 2.20. The van der Waals surface area contributed by atoms with Gasteiger partial charge in [0.2, 0.25) is 5.88 Å². The molecule has 0 aliphatic heterocycles. The highest BCUT2D eigenvalue weighted by atomic mass is 16.5. The molecule has 2 rings (SSSR count). The molecule has 0 unspecified atom stereocenters. The van der Waals surface area contributed by atoms with E-state index in [9.17, 15) is 0 Å². The van der Waals surface area contributed by atoms with E-state index in [4.69, 9.17) is 10.5 Å². The van der Waals surface area contributed by atoms with Crippen molar-refractivity contribution in [3.05, 3.63) is 17.8 Å². The Bertz CT molecular complexity index is 344. The molecule has 0 saturated heterocycles. The summed E-state index contributed by atoms with van der Waals surface area (Å²) in [6.45, 7) is 1.98. The Kier molecular flexibility index (Phi) is 3.65. The highest BCUT2D eigenvalue weighted by molar-refractivity contribution is 5.49. The monoisotopic (exact) mass is 220 g/mol. The minimum absolute atomic E-state index is 0.306. The van der Waals surface area contributed by atoms with Gasteiger partial charge < -0.3 is 10.5 Å². The summed E-state index contributed by atoms with van der Waals surface area (Å²) < 4.78 is 5.88. The normalized spacial score (nSPS) is 18.1. The number of hydrogen-bond acceptors (Lipinski definition) is 3. The first kappa shape index (κ1) is 11.2. The zero-order chi connectivity index (χ0) is 11.4. The predicted molar refractivity (Wildman–Crippen MR) is 65.5 cm³/mol. The Labute approximate surface area is 97.0 Å². The average molecular weight is 220 g/mol. The van der Waals surface area contributed by atoms with Crippen molar-refractivity contribution >= 4 is 5.69 Å². The Morgan fingerprint density at radius 1 is 1.25 bits per heavy atom. The molecular weight excluding hydrogens is 200 g/mol. The smallest absolute Gasteiger partial charge is 0.237 e. The van der Waals surface area contributed by atoms with Crippen LogP contribution >= 0.6 is 0 Å². The van der Waals surface area contributed by atoms with E-state index in [1.54, 1.807) is 0 Å². The van der Waals surface area contributed by atoms with Crippen LogP contribution in [0.4, 0.5) is 5.69 Å². The number of aryl methyl sites for hydroxylation is 1. The van der Waals surface area contributed by atoms with Crippen LogP contribution in [0, 0.1) is 6.92 Å². The molecule has 1 aliphatic rings. The summed E-state index contributed by atoms with van der Waals surface area (Å²) >= 11 is 0. The number of ether oxygens (including phenoxy) is 1. The van der Waals surface area contributed by atoms with Crippen LogP contribution in [0.3, 0.4) is 0 Å². The second-order valence-electron chi connectivity index (χ2n) is 4.64. The largest absolute Gasteiger partial charge is 0.473 e. The molecule has 3 heteroatoms. The van der Waals surface area contributed by atoms with Crippen LogP contribution in [0.15, 0.2) is 12.3 Å².